The highest BCUT2D eigenvalue weighted by Gasteiger charge is 2.34. The number of anilines is 2. The van der Waals surface area contributed by atoms with Gasteiger partial charge in [-0.2, -0.15) is 4.98 Å². The molecule has 2 N–H and O–H groups in total. The van der Waals surface area contributed by atoms with Gasteiger partial charge in [0.15, 0.2) is 5.65 Å². The van der Waals surface area contributed by atoms with E-state index in [1.165, 1.54) is 22.8 Å². The molecule has 0 unspecified atom stereocenters. The number of carbonyl (C=O) groups is 1. The van der Waals surface area contributed by atoms with Crippen molar-refractivity contribution in [1.82, 2.24) is 24.4 Å². The number of nitrogens with zero attached hydrogens (tertiary/aromatic N) is 6. The maximum Gasteiger partial charge on any atom is 0.355 e. The van der Waals surface area contributed by atoms with E-state index in [2.05, 4.69) is 16.5 Å². The van der Waals surface area contributed by atoms with Crippen molar-refractivity contribution in [2.75, 3.05) is 23.7 Å². The van der Waals surface area contributed by atoms with E-state index in [-0.39, 0.29) is 46.0 Å². The van der Waals surface area contributed by atoms with Crippen LogP contribution in [0.25, 0.3) is 28.0 Å². The number of benzene rings is 1. The van der Waals surface area contributed by atoms with Crippen LogP contribution in [0, 0.1) is 12.7 Å². The summed E-state index contributed by atoms with van der Waals surface area (Å²) in [6.45, 7) is 14.3. The van der Waals surface area contributed by atoms with Gasteiger partial charge in [-0.1, -0.05) is 44.2 Å². The van der Waals surface area contributed by atoms with Crippen molar-refractivity contribution in [2.45, 2.75) is 52.6 Å². The lowest BCUT2D eigenvalue weighted by molar-refractivity contribution is -0.128. The molecule has 1 amide bonds. The number of fused-ring (bicyclic) bond motifs is 1. The quantitative estimate of drug-likeness (QED) is 0.250. The van der Waals surface area contributed by atoms with Gasteiger partial charge in [-0.3, -0.25) is 9.78 Å². The number of hydrogen-bond acceptors (Lipinski definition) is 7. The van der Waals surface area contributed by atoms with Gasteiger partial charge in [-0.15, -0.1) is 0 Å². The van der Waals surface area contributed by atoms with Crippen LogP contribution < -0.4 is 16.3 Å². The summed E-state index contributed by atoms with van der Waals surface area (Å²) in [6.07, 6.45) is 3.01. The van der Waals surface area contributed by atoms with Crippen LogP contribution in [0.3, 0.4) is 0 Å². The standard InChI is InChI=1S/C31H33ClFN7O2/c1-7-24(41)38-14-19(6)39(15-18(38)5)29-21-13-22(32)27(20-9-8-10-23(33)25(20)34)36-30(21)40(31(42)37-29)28-17(4)11-12-35-26(28)16(2)3/h7-13,16,18-19H,1,14-15,34H2,2-6H3/t18-,19+/m1/s1. The van der Waals surface area contributed by atoms with Crippen molar-refractivity contribution >= 4 is 40.0 Å². The fourth-order valence-electron chi connectivity index (χ4n) is 5.59. The van der Waals surface area contributed by atoms with Gasteiger partial charge in [0.1, 0.15) is 11.6 Å². The van der Waals surface area contributed by atoms with Crippen molar-refractivity contribution in [2.24, 2.45) is 0 Å². The van der Waals surface area contributed by atoms with E-state index in [4.69, 9.17) is 22.3 Å². The van der Waals surface area contributed by atoms with Gasteiger partial charge >= 0.3 is 5.69 Å². The second-order valence-corrected chi connectivity index (χ2v) is 11.4. The molecule has 3 aromatic heterocycles. The molecule has 11 heteroatoms. The summed E-state index contributed by atoms with van der Waals surface area (Å²) in [7, 11) is 0. The first-order chi connectivity index (χ1) is 19.9. The Morgan fingerprint density at radius 1 is 1.19 bits per heavy atom. The van der Waals surface area contributed by atoms with Gasteiger partial charge in [0, 0.05) is 36.9 Å². The van der Waals surface area contributed by atoms with E-state index < -0.39 is 11.5 Å². The van der Waals surface area contributed by atoms with Crippen LogP contribution in [0.2, 0.25) is 5.02 Å². The zero-order chi connectivity index (χ0) is 30.5. The molecule has 1 aliphatic heterocycles. The fraction of sp³-hybridized carbons (Fsp3) is 0.323. The number of pyridine rings is 2. The second kappa shape index (κ2) is 11.2. The van der Waals surface area contributed by atoms with Crippen LogP contribution >= 0.6 is 11.6 Å². The number of piperazine rings is 1. The number of aryl methyl sites for hydroxylation is 1. The number of nitrogens with two attached hydrogens (primary N) is 1. The normalized spacial score (nSPS) is 17.2. The first-order valence-corrected chi connectivity index (χ1v) is 14.2. The van der Waals surface area contributed by atoms with Gasteiger partial charge in [0.05, 0.1) is 33.2 Å². The Balaban J connectivity index is 1.84. The van der Waals surface area contributed by atoms with Gasteiger partial charge in [0.25, 0.3) is 0 Å². The molecule has 1 fully saturated rings. The van der Waals surface area contributed by atoms with Crippen molar-refractivity contribution in [3.05, 3.63) is 81.8 Å². The molecule has 2 atom stereocenters. The van der Waals surface area contributed by atoms with Gasteiger partial charge in [0.2, 0.25) is 5.91 Å². The highest BCUT2D eigenvalue weighted by Crippen LogP contribution is 2.38. The molecule has 1 aromatic carbocycles. The van der Waals surface area contributed by atoms with Gasteiger partial charge in [-0.05, 0) is 56.5 Å². The van der Waals surface area contributed by atoms with Crippen molar-refractivity contribution in [3.63, 3.8) is 0 Å². The minimum Gasteiger partial charge on any atom is -0.396 e. The van der Waals surface area contributed by atoms with Gasteiger partial charge in [-0.25, -0.2) is 18.7 Å². The Hall–Kier alpha value is -4.31. The minimum atomic E-state index is -0.599. The molecule has 218 valence electrons. The Morgan fingerprint density at radius 2 is 1.93 bits per heavy atom. The number of amides is 1. The van der Waals surface area contributed by atoms with E-state index in [9.17, 15) is 14.0 Å². The summed E-state index contributed by atoms with van der Waals surface area (Å²) in [4.78, 5) is 44.3. The molecule has 0 bridgehead atoms. The lowest BCUT2D eigenvalue weighted by atomic mass is 10.0. The summed E-state index contributed by atoms with van der Waals surface area (Å²) in [6, 6.07) is 7.60. The van der Waals surface area contributed by atoms with Crippen LogP contribution in [0.5, 0.6) is 0 Å². The van der Waals surface area contributed by atoms with Crippen LogP contribution in [0.15, 0.2) is 54.0 Å². The summed E-state index contributed by atoms with van der Waals surface area (Å²) in [5.74, 6) is -0.364. The fourth-order valence-corrected chi connectivity index (χ4v) is 5.84. The second-order valence-electron chi connectivity index (χ2n) is 11.0. The molecule has 0 spiro atoms. The van der Waals surface area contributed by atoms with Crippen LogP contribution in [0.4, 0.5) is 15.9 Å². The third-order valence-electron chi connectivity index (χ3n) is 7.75. The van der Waals surface area contributed by atoms with E-state index in [1.54, 1.807) is 23.2 Å². The predicted octanol–water partition coefficient (Wildman–Crippen LogP) is 5.26. The SMILES string of the molecule is C=CC(=O)N1C[C@H](C)N(c2nc(=O)n(-c3c(C)ccnc3C(C)C)c3nc(-c4cccc(F)c4N)c(Cl)cc23)C[C@H]1C. The predicted molar refractivity (Wildman–Crippen MR) is 165 cm³/mol. The number of halogens is 2. The topological polar surface area (TPSA) is 110 Å². The Morgan fingerprint density at radius 3 is 2.62 bits per heavy atom. The highest BCUT2D eigenvalue weighted by atomic mass is 35.5. The molecular formula is C31H33ClFN7O2. The Kier molecular flexibility index (Phi) is 7.76. The molecule has 4 aromatic rings. The van der Waals surface area contributed by atoms with Crippen molar-refractivity contribution in [1.29, 1.82) is 0 Å². The lowest BCUT2D eigenvalue weighted by Gasteiger charge is -2.44. The molecule has 4 heterocycles. The highest BCUT2D eigenvalue weighted by molar-refractivity contribution is 6.34. The van der Waals surface area contributed by atoms with Crippen molar-refractivity contribution in [3.8, 4) is 16.9 Å². The average Bonchev–Trinajstić information content (AvgIpc) is 2.95. The Labute approximate surface area is 248 Å². The molecule has 5 rings (SSSR count). The Bertz CT molecular complexity index is 1790. The van der Waals surface area contributed by atoms with Crippen LogP contribution in [0.1, 0.15) is 44.9 Å². The first-order valence-electron chi connectivity index (χ1n) is 13.8. The number of carbonyl (C=O) groups excluding carboxylic acids is 1. The molecule has 1 saturated heterocycles. The number of para-hydroxylation sites is 1. The molecular weight excluding hydrogens is 557 g/mol. The van der Waals surface area contributed by atoms with Crippen LogP contribution in [-0.2, 0) is 4.79 Å². The molecule has 0 radical (unpaired) electrons. The third kappa shape index (κ3) is 4.89. The first kappa shape index (κ1) is 29.2. The van der Waals surface area contributed by atoms with Crippen LogP contribution in [-0.4, -0.2) is 55.5 Å². The molecule has 9 nitrogen and oxygen atoms in total. The molecule has 42 heavy (non-hydrogen) atoms. The maximum absolute atomic E-state index is 14.5. The average molecular weight is 590 g/mol. The minimum absolute atomic E-state index is 0.0106. The van der Waals surface area contributed by atoms with E-state index in [1.807, 2.05) is 45.6 Å². The van der Waals surface area contributed by atoms with Gasteiger partial charge < -0.3 is 15.5 Å². The smallest absolute Gasteiger partial charge is 0.355 e. The lowest BCUT2D eigenvalue weighted by Crippen LogP contribution is -2.58. The molecule has 1 aliphatic rings. The van der Waals surface area contributed by atoms with E-state index in [0.717, 1.165) is 5.56 Å². The summed E-state index contributed by atoms with van der Waals surface area (Å²) in [5, 5.41) is 0.750. The summed E-state index contributed by atoms with van der Waals surface area (Å²) in [5.41, 5.74) is 8.40. The monoisotopic (exact) mass is 589 g/mol. The van der Waals surface area contributed by atoms with E-state index >= 15 is 0 Å². The third-order valence-corrected chi connectivity index (χ3v) is 8.04. The largest absolute Gasteiger partial charge is 0.396 e. The zero-order valence-electron chi connectivity index (χ0n) is 24.2. The number of rotatable bonds is 5. The zero-order valence-corrected chi connectivity index (χ0v) is 25.0. The van der Waals surface area contributed by atoms with Crippen molar-refractivity contribution < 1.29 is 9.18 Å². The number of nitrogen functional groups attached to an aromatic ring is 1. The van der Waals surface area contributed by atoms with E-state index in [0.29, 0.717) is 41.2 Å². The number of hydrogen-bond donors (Lipinski definition) is 1. The summed E-state index contributed by atoms with van der Waals surface area (Å²) >= 11 is 6.82. The summed E-state index contributed by atoms with van der Waals surface area (Å²) < 4.78 is 16.0. The molecule has 0 aliphatic carbocycles. The number of aromatic nitrogens is 4. The molecule has 0 saturated carbocycles. The maximum atomic E-state index is 14.5.